The Morgan fingerprint density at radius 1 is 1.06 bits per heavy atom. The van der Waals surface area contributed by atoms with Crippen molar-refractivity contribution < 1.29 is 4.79 Å². The summed E-state index contributed by atoms with van der Waals surface area (Å²) in [6.07, 6.45) is 7.12. The molecule has 0 radical (unpaired) electrons. The summed E-state index contributed by atoms with van der Waals surface area (Å²) in [7, 11) is 0. The number of carbonyl (C=O) groups excluding carboxylic acids is 1. The van der Waals surface area contributed by atoms with Gasteiger partial charge in [0.05, 0.1) is 0 Å². The highest BCUT2D eigenvalue weighted by atomic mass is 16.1. The lowest BCUT2D eigenvalue weighted by molar-refractivity contribution is -0.131. The monoisotopic (exact) mass is 220 g/mol. The summed E-state index contributed by atoms with van der Waals surface area (Å²) < 4.78 is 0. The van der Waals surface area contributed by atoms with Gasteiger partial charge in [-0.25, -0.2) is 0 Å². The van der Waals surface area contributed by atoms with Crippen LogP contribution in [0.2, 0.25) is 0 Å². The molecule has 90 valence electrons. The van der Waals surface area contributed by atoms with E-state index >= 15 is 0 Å². The average Bonchev–Trinajstić information content (AvgIpc) is 2.29. The van der Waals surface area contributed by atoms with Crippen LogP contribution < -0.4 is 0 Å². The molecular formula is C15H24O. The molecule has 2 bridgehead atoms. The zero-order chi connectivity index (χ0) is 11.6. The third-order valence-corrected chi connectivity index (χ3v) is 6.07. The fraction of sp³-hybridized carbons (Fsp3) is 0.933. The zero-order valence-electron chi connectivity index (χ0n) is 10.9. The van der Waals surface area contributed by atoms with Crippen molar-refractivity contribution in [3.8, 4) is 0 Å². The van der Waals surface area contributed by atoms with Gasteiger partial charge in [-0.1, -0.05) is 20.8 Å². The number of hydrogen-bond donors (Lipinski definition) is 0. The Labute approximate surface area is 99.0 Å². The quantitative estimate of drug-likeness (QED) is 0.606. The minimum Gasteiger partial charge on any atom is -0.299 e. The van der Waals surface area contributed by atoms with E-state index in [2.05, 4.69) is 20.8 Å². The van der Waals surface area contributed by atoms with Gasteiger partial charge in [-0.15, -0.1) is 0 Å². The maximum atomic E-state index is 11.9. The Bertz CT molecular complexity index is 330. The van der Waals surface area contributed by atoms with E-state index < -0.39 is 0 Å². The second-order valence-corrected chi connectivity index (χ2v) is 7.50. The standard InChI is InChI=1S/C15H24O/c1-14(2)9-12-11(14)5-4-10-8-15(12,3)7-6-13(10)16/h10-12H,4-9H2,1-3H3/t10-,11+,12-,15-/m0/s1. The SMILES string of the molecule is CC1(C)C[C@H]2[C@H]1CC[C@H]1C[C@]2(C)CCC1=O. The topological polar surface area (TPSA) is 17.1 Å². The predicted molar refractivity (Wildman–Crippen MR) is 65.1 cm³/mol. The number of carbonyl (C=O) groups is 1. The van der Waals surface area contributed by atoms with Crippen molar-refractivity contribution in [2.75, 3.05) is 0 Å². The van der Waals surface area contributed by atoms with Crippen molar-refractivity contribution in [2.24, 2.45) is 28.6 Å². The smallest absolute Gasteiger partial charge is 0.136 e. The third-order valence-electron chi connectivity index (χ3n) is 6.07. The molecule has 3 fully saturated rings. The highest BCUT2D eigenvalue weighted by Gasteiger charge is 2.57. The van der Waals surface area contributed by atoms with Crippen LogP contribution in [0, 0.1) is 28.6 Å². The maximum absolute atomic E-state index is 11.9. The zero-order valence-corrected chi connectivity index (χ0v) is 10.9. The first-order chi connectivity index (χ1) is 7.42. The molecule has 4 atom stereocenters. The van der Waals surface area contributed by atoms with E-state index in [-0.39, 0.29) is 0 Å². The van der Waals surface area contributed by atoms with Crippen molar-refractivity contribution in [1.29, 1.82) is 0 Å². The van der Waals surface area contributed by atoms with Crippen LogP contribution in [0.25, 0.3) is 0 Å². The molecule has 0 saturated heterocycles. The molecule has 3 aliphatic rings. The normalized spacial score (nSPS) is 50.2. The second kappa shape index (κ2) is 3.11. The number of hydrogen-bond acceptors (Lipinski definition) is 1. The Balaban J connectivity index is 1.90. The Morgan fingerprint density at radius 3 is 2.50 bits per heavy atom. The van der Waals surface area contributed by atoms with E-state index in [1.54, 1.807) is 0 Å². The first kappa shape index (κ1) is 10.8. The number of fused-ring (bicyclic) bond motifs is 4. The van der Waals surface area contributed by atoms with Crippen molar-refractivity contribution in [1.82, 2.24) is 0 Å². The molecule has 3 rings (SSSR count). The average molecular weight is 220 g/mol. The second-order valence-electron chi connectivity index (χ2n) is 7.50. The van der Waals surface area contributed by atoms with Gasteiger partial charge in [0.1, 0.15) is 5.78 Å². The number of ketones is 1. The lowest BCUT2D eigenvalue weighted by Crippen LogP contribution is -2.51. The minimum absolute atomic E-state index is 0.417. The summed E-state index contributed by atoms with van der Waals surface area (Å²) in [4.78, 5) is 11.9. The van der Waals surface area contributed by atoms with Gasteiger partial charge >= 0.3 is 0 Å². The summed E-state index contributed by atoms with van der Waals surface area (Å²) in [5, 5.41) is 0. The van der Waals surface area contributed by atoms with E-state index in [9.17, 15) is 4.79 Å². The van der Waals surface area contributed by atoms with Gasteiger partial charge in [0.15, 0.2) is 0 Å². The molecule has 3 aliphatic carbocycles. The highest BCUT2D eigenvalue weighted by Crippen LogP contribution is 2.65. The summed E-state index contributed by atoms with van der Waals surface area (Å²) in [5.74, 6) is 2.80. The van der Waals surface area contributed by atoms with Crippen LogP contribution in [0.4, 0.5) is 0 Å². The Hall–Kier alpha value is -0.330. The van der Waals surface area contributed by atoms with Crippen molar-refractivity contribution in [3.63, 3.8) is 0 Å². The lowest BCUT2D eigenvalue weighted by atomic mass is 9.46. The molecule has 0 aromatic carbocycles. The molecule has 0 heterocycles. The molecule has 16 heavy (non-hydrogen) atoms. The molecule has 0 amide bonds. The minimum atomic E-state index is 0.417. The number of Topliss-reactive ketones (excluding diaryl/α,β-unsaturated/α-hetero) is 1. The summed E-state index contributed by atoms with van der Waals surface area (Å²) in [6, 6.07) is 0. The van der Waals surface area contributed by atoms with Gasteiger partial charge < -0.3 is 0 Å². The largest absolute Gasteiger partial charge is 0.299 e. The van der Waals surface area contributed by atoms with Gasteiger partial charge in [-0.3, -0.25) is 4.79 Å². The highest BCUT2D eigenvalue weighted by molar-refractivity contribution is 5.82. The van der Waals surface area contributed by atoms with Crippen LogP contribution in [0.3, 0.4) is 0 Å². The van der Waals surface area contributed by atoms with E-state index in [0.717, 1.165) is 18.3 Å². The predicted octanol–water partition coefficient (Wildman–Crippen LogP) is 3.82. The van der Waals surface area contributed by atoms with Crippen LogP contribution in [-0.4, -0.2) is 5.78 Å². The summed E-state index contributed by atoms with van der Waals surface area (Å²) in [6.45, 7) is 7.31. The molecular weight excluding hydrogens is 196 g/mol. The molecule has 3 saturated carbocycles. The fourth-order valence-electron chi connectivity index (χ4n) is 4.94. The first-order valence-electron chi connectivity index (χ1n) is 6.95. The van der Waals surface area contributed by atoms with Gasteiger partial charge in [-0.2, -0.15) is 0 Å². The lowest BCUT2D eigenvalue weighted by Gasteiger charge is -2.58. The number of rotatable bonds is 0. The molecule has 1 nitrogen and oxygen atoms in total. The Kier molecular flexibility index (Phi) is 2.10. The van der Waals surface area contributed by atoms with Crippen molar-refractivity contribution >= 4 is 5.78 Å². The molecule has 0 aromatic rings. The molecule has 0 aliphatic heterocycles. The van der Waals surface area contributed by atoms with Crippen LogP contribution >= 0.6 is 0 Å². The van der Waals surface area contributed by atoms with Crippen LogP contribution in [-0.2, 0) is 4.79 Å². The van der Waals surface area contributed by atoms with Crippen LogP contribution in [0.1, 0.15) is 59.3 Å². The van der Waals surface area contributed by atoms with Crippen molar-refractivity contribution in [3.05, 3.63) is 0 Å². The first-order valence-corrected chi connectivity index (χ1v) is 6.95. The van der Waals surface area contributed by atoms with Crippen LogP contribution in [0.15, 0.2) is 0 Å². The van der Waals surface area contributed by atoms with Gasteiger partial charge in [0.25, 0.3) is 0 Å². The van der Waals surface area contributed by atoms with E-state index in [1.807, 2.05) is 0 Å². The molecule has 1 heteroatoms. The fourth-order valence-corrected chi connectivity index (χ4v) is 4.94. The molecule has 0 spiro atoms. The molecule has 0 unspecified atom stereocenters. The van der Waals surface area contributed by atoms with Gasteiger partial charge in [-0.05, 0) is 54.8 Å². The van der Waals surface area contributed by atoms with Crippen molar-refractivity contribution in [2.45, 2.75) is 59.3 Å². The van der Waals surface area contributed by atoms with Gasteiger partial charge in [0.2, 0.25) is 0 Å². The van der Waals surface area contributed by atoms with E-state index in [4.69, 9.17) is 0 Å². The summed E-state index contributed by atoms with van der Waals surface area (Å²) in [5.41, 5.74) is 1.05. The maximum Gasteiger partial charge on any atom is 0.136 e. The van der Waals surface area contributed by atoms with E-state index in [1.165, 1.54) is 32.1 Å². The third kappa shape index (κ3) is 1.33. The van der Waals surface area contributed by atoms with Crippen LogP contribution in [0.5, 0.6) is 0 Å². The summed E-state index contributed by atoms with van der Waals surface area (Å²) >= 11 is 0. The van der Waals surface area contributed by atoms with E-state index in [0.29, 0.717) is 22.5 Å². The molecule has 0 aromatic heterocycles. The van der Waals surface area contributed by atoms with Gasteiger partial charge in [0, 0.05) is 12.3 Å². The molecule has 0 N–H and O–H groups in total. The Morgan fingerprint density at radius 2 is 1.81 bits per heavy atom.